The van der Waals surface area contributed by atoms with E-state index in [1.807, 2.05) is 19.1 Å². The van der Waals surface area contributed by atoms with Gasteiger partial charge in [-0.05, 0) is 48.9 Å². The Labute approximate surface area is 215 Å². The summed E-state index contributed by atoms with van der Waals surface area (Å²) in [4.78, 5) is 17.3. The summed E-state index contributed by atoms with van der Waals surface area (Å²) in [5, 5.41) is 10.4. The second-order valence-electron chi connectivity index (χ2n) is 8.39. The maximum Gasteiger partial charge on any atom is 0.416 e. The van der Waals surface area contributed by atoms with Crippen LogP contribution in [0.5, 0.6) is 0 Å². The van der Waals surface area contributed by atoms with Crippen LogP contribution in [0, 0.1) is 12.7 Å². The number of hydrogen-bond acceptors (Lipinski definition) is 7. The number of fused-ring (bicyclic) bond motifs is 1. The van der Waals surface area contributed by atoms with Gasteiger partial charge < -0.3 is 16.0 Å². The van der Waals surface area contributed by atoms with Crippen molar-refractivity contribution >= 4 is 39.6 Å². The maximum atomic E-state index is 14.4. The van der Waals surface area contributed by atoms with E-state index < -0.39 is 17.6 Å². The summed E-state index contributed by atoms with van der Waals surface area (Å²) in [7, 11) is 1.76. The monoisotopic (exact) mass is 519 g/mol. The van der Waals surface area contributed by atoms with Crippen LogP contribution in [0.3, 0.4) is 0 Å². The molecule has 0 saturated carbocycles. The van der Waals surface area contributed by atoms with Crippen LogP contribution < -0.4 is 16.0 Å². The number of alkyl halides is 3. The molecular weight excluding hydrogens is 498 g/mol. The zero-order valence-corrected chi connectivity index (χ0v) is 20.2. The number of nitrogens with one attached hydrogen (secondary N) is 3. The molecule has 0 bridgehead atoms. The van der Waals surface area contributed by atoms with Crippen molar-refractivity contribution in [2.45, 2.75) is 13.1 Å². The van der Waals surface area contributed by atoms with Gasteiger partial charge in [-0.3, -0.25) is 0 Å². The van der Waals surface area contributed by atoms with Crippen LogP contribution in [0.2, 0.25) is 0 Å². The Kier molecular flexibility index (Phi) is 6.50. The summed E-state index contributed by atoms with van der Waals surface area (Å²) < 4.78 is 54.0. The summed E-state index contributed by atoms with van der Waals surface area (Å²) >= 11 is 0. The SMILES string of the molecule is CNc1cc(-c2cccnc2Nc2c(C)ccc3c(Nc4cc(C(F)(F)F)ccc4F)nccc23)ncn1. The van der Waals surface area contributed by atoms with E-state index in [0.29, 0.717) is 39.9 Å². The van der Waals surface area contributed by atoms with Crippen LogP contribution in [0.1, 0.15) is 11.1 Å². The summed E-state index contributed by atoms with van der Waals surface area (Å²) in [5.41, 5.74) is 1.69. The fraction of sp³-hybridized carbons (Fsp3) is 0.111. The number of rotatable bonds is 6. The Balaban J connectivity index is 1.57. The number of halogens is 4. The van der Waals surface area contributed by atoms with E-state index >= 15 is 0 Å². The number of aromatic nitrogens is 4. The first-order chi connectivity index (χ1) is 18.2. The number of aryl methyl sites for hydroxylation is 1. The maximum absolute atomic E-state index is 14.4. The second kappa shape index (κ2) is 9.92. The molecule has 3 heterocycles. The molecule has 3 N–H and O–H groups in total. The lowest BCUT2D eigenvalue weighted by atomic mass is 10.0. The zero-order valence-electron chi connectivity index (χ0n) is 20.2. The molecule has 0 unspecified atom stereocenters. The molecule has 0 aliphatic carbocycles. The minimum absolute atomic E-state index is 0.208. The standard InChI is InChI=1S/C27H21F4N7/c1-15-5-7-18-17(9-11-34-25(18)37-22-12-16(27(29,30)31)6-8-20(22)28)24(15)38-26-19(4-3-10-33-26)21-13-23(32-2)36-14-35-21/h3-14H,1-2H3,(H,33,38)(H,34,37)(H,32,35,36). The summed E-state index contributed by atoms with van der Waals surface area (Å²) in [6, 6.07) is 13.1. The topological polar surface area (TPSA) is 87.7 Å². The Morgan fingerprint density at radius 1 is 0.789 bits per heavy atom. The van der Waals surface area contributed by atoms with E-state index in [-0.39, 0.29) is 11.5 Å². The third-order valence-electron chi connectivity index (χ3n) is 5.95. The molecule has 5 rings (SSSR count). The summed E-state index contributed by atoms with van der Waals surface area (Å²) in [6.07, 6.45) is 0.00134. The number of nitrogens with zero attached hydrogens (tertiary/aromatic N) is 4. The minimum atomic E-state index is -4.61. The highest BCUT2D eigenvalue weighted by Crippen LogP contribution is 2.37. The van der Waals surface area contributed by atoms with Gasteiger partial charge in [-0.15, -0.1) is 0 Å². The lowest BCUT2D eigenvalue weighted by Gasteiger charge is -2.17. The van der Waals surface area contributed by atoms with Crippen LogP contribution in [-0.2, 0) is 6.18 Å². The summed E-state index contributed by atoms with van der Waals surface area (Å²) in [6.45, 7) is 1.91. The first-order valence-corrected chi connectivity index (χ1v) is 11.5. The van der Waals surface area contributed by atoms with Gasteiger partial charge in [-0.1, -0.05) is 12.1 Å². The van der Waals surface area contributed by atoms with Crippen LogP contribution in [0.15, 0.2) is 73.3 Å². The number of anilines is 5. The average Bonchev–Trinajstić information content (AvgIpc) is 2.91. The fourth-order valence-electron chi connectivity index (χ4n) is 4.03. The summed E-state index contributed by atoms with van der Waals surface area (Å²) in [5.74, 6) is 0.569. The van der Waals surface area contributed by atoms with Crippen LogP contribution >= 0.6 is 0 Å². The minimum Gasteiger partial charge on any atom is -0.373 e. The quantitative estimate of drug-likeness (QED) is 0.207. The van der Waals surface area contributed by atoms with Gasteiger partial charge in [0.25, 0.3) is 0 Å². The molecular formula is C27H21F4N7. The second-order valence-corrected chi connectivity index (χ2v) is 8.39. The molecule has 3 aromatic heterocycles. The van der Waals surface area contributed by atoms with Crippen molar-refractivity contribution in [3.05, 3.63) is 90.3 Å². The molecule has 0 aliphatic heterocycles. The first kappa shape index (κ1) is 24.9. The van der Waals surface area contributed by atoms with Gasteiger partial charge in [0, 0.05) is 41.8 Å². The molecule has 5 aromatic rings. The predicted octanol–water partition coefficient (Wildman–Crippen LogP) is 7.08. The highest BCUT2D eigenvalue weighted by atomic mass is 19.4. The van der Waals surface area contributed by atoms with Crippen LogP contribution in [0.4, 0.5) is 46.4 Å². The van der Waals surface area contributed by atoms with Gasteiger partial charge in [0.05, 0.1) is 22.6 Å². The molecule has 0 aliphatic rings. The van der Waals surface area contributed by atoms with E-state index in [2.05, 4.69) is 35.9 Å². The molecule has 0 amide bonds. The normalized spacial score (nSPS) is 11.4. The first-order valence-electron chi connectivity index (χ1n) is 11.5. The highest BCUT2D eigenvalue weighted by molar-refractivity contribution is 6.03. The molecule has 0 atom stereocenters. The lowest BCUT2D eigenvalue weighted by Crippen LogP contribution is -2.07. The molecule has 7 nitrogen and oxygen atoms in total. The van der Waals surface area contributed by atoms with Gasteiger partial charge in [0.2, 0.25) is 0 Å². The van der Waals surface area contributed by atoms with Gasteiger partial charge in [0.15, 0.2) is 0 Å². The molecule has 11 heteroatoms. The van der Waals surface area contributed by atoms with Gasteiger partial charge in [-0.2, -0.15) is 13.2 Å². The molecule has 0 spiro atoms. The van der Waals surface area contributed by atoms with E-state index in [1.54, 1.807) is 37.5 Å². The number of hydrogen-bond donors (Lipinski definition) is 3. The van der Waals surface area contributed by atoms with Gasteiger partial charge in [0.1, 0.15) is 29.6 Å². The molecule has 38 heavy (non-hydrogen) atoms. The van der Waals surface area contributed by atoms with Crippen LogP contribution in [-0.4, -0.2) is 27.0 Å². The van der Waals surface area contributed by atoms with E-state index in [4.69, 9.17) is 0 Å². The Bertz CT molecular complexity index is 1640. The molecule has 2 aromatic carbocycles. The molecule has 0 saturated heterocycles. The zero-order chi connectivity index (χ0) is 26.9. The van der Waals surface area contributed by atoms with E-state index in [0.717, 1.165) is 23.3 Å². The molecule has 0 radical (unpaired) electrons. The predicted molar refractivity (Wildman–Crippen MR) is 139 cm³/mol. The Morgan fingerprint density at radius 2 is 1.61 bits per heavy atom. The van der Waals surface area contributed by atoms with E-state index in [9.17, 15) is 17.6 Å². The molecule has 0 fully saturated rings. The Hall–Kier alpha value is -4.80. The fourth-order valence-corrected chi connectivity index (χ4v) is 4.03. The van der Waals surface area contributed by atoms with Crippen molar-refractivity contribution in [1.29, 1.82) is 0 Å². The third kappa shape index (κ3) is 4.90. The smallest absolute Gasteiger partial charge is 0.373 e. The number of benzene rings is 2. The van der Waals surface area contributed by atoms with Crippen molar-refractivity contribution < 1.29 is 17.6 Å². The van der Waals surface area contributed by atoms with Crippen molar-refractivity contribution in [3.8, 4) is 11.3 Å². The van der Waals surface area contributed by atoms with Gasteiger partial charge >= 0.3 is 6.18 Å². The van der Waals surface area contributed by atoms with Gasteiger partial charge in [-0.25, -0.2) is 24.3 Å². The van der Waals surface area contributed by atoms with Crippen molar-refractivity contribution in [3.63, 3.8) is 0 Å². The number of pyridine rings is 2. The van der Waals surface area contributed by atoms with E-state index in [1.165, 1.54) is 12.5 Å². The van der Waals surface area contributed by atoms with Crippen LogP contribution in [0.25, 0.3) is 22.0 Å². The molecule has 192 valence electrons. The lowest BCUT2D eigenvalue weighted by molar-refractivity contribution is -0.137. The van der Waals surface area contributed by atoms with Crippen molar-refractivity contribution in [2.75, 3.05) is 23.0 Å². The Morgan fingerprint density at radius 3 is 2.39 bits per heavy atom. The highest BCUT2D eigenvalue weighted by Gasteiger charge is 2.31. The van der Waals surface area contributed by atoms with Crippen molar-refractivity contribution in [2.24, 2.45) is 0 Å². The average molecular weight is 520 g/mol. The van der Waals surface area contributed by atoms with Crippen molar-refractivity contribution in [1.82, 2.24) is 19.9 Å². The largest absolute Gasteiger partial charge is 0.416 e. The third-order valence-corrected chi connectivity index (χ3v) is 5.95.